The number of halogens is 2. The van der Waals surface area contributed by atoms with Crippen LogP contribution in [0.25, 0.3) is 11.1 Å². The van der Waals surface area contributed by atoms with E-state index in [4.69, 9.17) is 0 Å². The van der Waals surface area contributed by atoms with Crippen LogP contribution >= 0.6 is 0 Å². The topological polar surface area (TPSA) is 30.0 Å². The van der Waals surface area contributed by atoms with E-state index in [1.807, 2.05) is 0 Å². The monoisotopic (exact) mass is 219 g/mol. The van der Waals surface area contributed by atoms with Gasteiger partial charge in [0.1, 0.15) is 11.5 Å². The SMILES string of the molecule is O=Cc1ncc(-c2ccc(F)cc2)cc1F. The standard InChI is InChI=1S/C12H7F2NO/c13-10-3-1-8(2-4-10)9-5-11(14)12(7-16)15-6-9/h1-7H. The molecule has 0 spiro atoms. The average Bonchev–Trinajstić information content (AvgIpc) is 2.30. The van der Waals surface area contributed by atoms with E-state index in [9.17, 15) is 13.6 Å². The molecule has 2 rings (SSSR count). The van der Waals surface area contributed by atoms with E-state index < -0.39 is 5.82 Å². The number of nitrogens with zero attached hydrogens (tertiary/aromatic N) is 1. The van der Waals surface area contributed by atoms with Crippen molar-refractivity contribution in [2.45, 2.75) is 0 Å². The first-order chi connectivity index (χ1) is 7.70. The molecule has 0 atom stereocenters. The predicted molar refractivity (Wildman–Crippen MR) is 55.0 cm³/mol. The van der Waals surface area contributed by atoms with Crippen LogP contribution < -0.4 is 0 Å². The number of hydrogen-bond acceptors (Lipinski definition) is 2. The maximum Gasteiger partial charge on any atom is 0.171 e. The number of aromatic nitrogens is 1. The maximum absolute atomic E-state index is 13.2. The first-order valence-corrected chi connectivity index (χ1v) is 4.57. The van der Waals surface area contributed by atoms with Crippen molar-refractivity contribution in [2.75, 3.05) is 0 Å². The molecule has 0 unspecified atom stereocenters. The number of carbonyl (C=O) groups is 1. The van der Waals surface area contributed by atoms with Gasteiger partial charge in [-0.2, -0.15) is 0 Å². The molecule has 80 valence electrons. The van der Waals surface area contributed by atoms with Crippen molar-refractivity contribution < 1.29 is 13.6 Å². The first kappa shape index (κ1) is 10.4. The van der Waals surface area contributed by atoms with Gasteiger partial charge in [-0.05, 0) is 23.8 Å². The zero-order chi connectivity index (χ0) is 11.5. The van der Waals surface area contributed by atoms with Gasteiger partial charge in [-0.15, -0.1) is 0 Å². The van der Waals surface area contributed by atoms with E-state index in [0.29, 0.717) is 17.4 Å². The summed E-state index contributed by atoms with van der Waals surface area (Å²) in [4.78, 5) is 14.0. The van der Waals surface area contributed by atoms with Crippen LogP contribution in [0.1, 0.15) is 10.5 Å². The van der Waals surface area contributed by atoms with Crippen LogP contribution in [0.3, 0.4) is 0 Å². The molecule has 0 aliphatic rings. The zero-order valence-electron chi connectivity index (χ0n) is 8.15. The molecule has 0 N–H and O–H groups in total. The fourth-order valence-electron chi connectivity index (χ4n) is 1.34. The molecule has 0 aliphatic heterocycles. The molecule has 0 fully saturated rings. The lowest BCUT2D eigenvalue weighted by Gasteiger charge is -2.02. The average molecular weight is 219 g/mol. The Labute approximate surface area is 90.6 Å². The highest BCUT2D eigenvalue weighted by molar-refractivity contribution is 5.74. The summed E-state index contributed by atoms with van der Waals surface area (Å²) in [7, 11) is 0. The Hall–Kier alpha value is -2.10. The smallest absolute Gasteiger partial charge is 0.171 e. The number of pyridine rings is 1. The molecule has 0 aliphatic carbocycles. The second-order valence-corrected chi connectivity index (χ2v) is 3.22. The minimum atomic E-state index is -0.683. The largest absolute Gasteiger partial charge is 0.296 e. The second-order valence-electron chi connectivity index (χ2n) is 3.22. The van der Waals surface area contributed by atoms with Crippen LogP contribution in [0.4, 0.5) is 8.78 Å². The van der Waals surface area contributed by atoms with Gasteiger partial charge in [-0.3, -0.25) is 4.79 Å². The van der Waals surface area contributed by atoms with Crippen molar-refractivity contribution in [1.82, 2.24) is 4.98 Å². The van der Waals surface area contributed by atoms with Gasteiger partial charge in [-0.25, -0.2) is 13.8 Å². The summed E-state index contributed by atoms with van der Waals surface area (Å²) < 4.78 is 25.9. The van der Waals surface area contributed by atoms with Gasteiger partial charge in [0.15, 0.2) is 12.1 Å². The molecule has 2 nitrogen and oxygen atoms in total. The van der Waals surface area contributed by atoms with Crippen LogP contribution in [0.15, 0.2) is 36.5 Å². The van der Waals surface area contributed by atoms with Crippen molar-refractivity contribution in [3.63, 3.8) is 0 Å². The molecule has 4 heteroatoms. The highest BCUT2D eigenvalue weighted by atomic mass is 19.1. The van der Waals surface area contributed by atoms with Gasteiger partial charge < -0.3 is 0 Å². The van der Waals surface area contributed by atoms with Crippen LogP contribution in [0.5, 0.6) is 0 Å². The molecule has 2 aromatic rings. The summed E-state index contributed by atoms with van der Waals surface area (Å²) in [6.07, 6.45) is 1.73. The second kappa shape index (κ2) is 4.18. The minimum Gasteiger partial charge on any atom is -0.296 e. The lowest BCUT2D eigenvalue weighted by atomic mass is 10.1. The van der Waals surface area contributed by atoms with Crippen molar-refractivity contribution >= 4 is 6.29 Å². The molecule has 1 aromatic carbocycles. The Bertz CT molecular complexity index is 523. The Morgan fingerprint density at radius 2 is 1.75 bits per heavy atom. The van der Waals surface area contributed by atoms with E-state index in [0.717, 1.165) is 0 Å². The number of hydrogen-bond donors (Lipinski definition) is 0. The third-order valence-corrected chi connectivity index (χ3v) is 2.16. The minimum absolute atomic E-state index is 0.231. The summed E-state index contributed by atoms with van der Waals surface area (Å²) >= 11 is 0. The lowest BCUT2D eigenvalue weighted by molar-refractivity contribution is 0.111. The van der Waals surface area contributed by atoms with Crippen molar-refractivity contribution in [3.05, 3.63) is 53.9 Å². The van der Waals surface area contributed by atoms with Crippen LogP contribution in [0, 0.1) is 11.6 Å². The van der Waals surface area contributed by atoms with E-state index in [1.165, 1.54) is 36.5 Å². The summed E-state index contributed by atoms with van der Waals surface area (Å²) in [5, 5.41) is 0. The van der Waals surface area contributed by atoms with Gasteiger partial charge in [-0.1, -0.05) is 12.1 Å². The Balaban J connectivity index is 2.45. The zero-order valence-corrected chi connectivity index (χ0v) is 8.15. The molecule has 1 heterocycles. The first-order valence-electron chi connectivity index (χ1n) is 4.57. The summed E-state index contributed by atoms with van der Waals surface area (Å²) in [6, 6.07) is 6.80. The fourth-order valence-corrected chi connectivity index (χ4v) is 1.34. The number of aldehydes is 1. The van der Waals surface area contributed by atoms with Crippen molar-refractivity contribution in [3.8, 4) is 11.1 Å². The Kier molecular flexibility index (Phi) is 2.72. The van der Waals surface area contributed by atoms with Crippen LogP contribution in [-0.4, -0.2) is 11.3 Å². The molecule has 16 heavy (non-hydrogen) atoms. The molecule has 0 bridgehead atoms. The summed E-state index contributed by atoms with van der Waals surface area (Å²) in [5.41, 5.74) is 0.916. The van der Waals surface area contributed by atoms with Gasteiger partial charge in [0.2, 0.25) is 0 Å². The van der Waals surface area contributed by atoms with E-state index in [-0.39, 0.29) is 11.5 Å². The van der Waals surface area contributed by atoms with E-state index >= 15 is 0 Å². The summed E-state index contributed by atoms with van der Waals surface area (Å²) in [5.74, 6) is -1.04. The maximum atomic E-state index is 13.2. The molecular formula is C12H7F2NO. The molecular weight excluding hydrogens is 212 g/mol. The van der Waals surface area contributed by atoms with Gasteiger partial charge in [0.05, 0.1) is 0 Å². The highest BCUT2D eigenvalue weighted by Crippen LogP contribution is 2.20. The number of benzene rings is 1. The van der Waals surface area contributed by atoms with E-state index in [2.05, 4.69) is 4.98 Å². The predicted octanol–water partition coefficient (Wildman–Crippen LogP) is 2.84. The molecule has 0 amide bonds. The van der Waals surface area contributed by atoms with E-state index in [1.54, 1.807) is 0 Å². The Morgan fingerprint density at radius 3 is 2.31 bits per heavy atom. The number of rotatable bonds is 2. The fraction of sp³-hybridized carbons (Fsp3) is 0. The van der Waals surface area contributed by atoms with Crippen molar-refractivity contribution in [1.29, 1.82) is 0 Å². The van der Waals surface area contributed by atoms with Crippen LogP contribution in [0.2, 0.25) is 0 Å². The number of carbonyl (C=O) groups excluding carboxylic acids is 1. The van der Waals surface area contributed by atoms with Crippen molar-refractivity contribution in [2.24, 2.45) is 0 Å². The summed E-state index contributed by atoms with van der Waals surface area (Å²) in [6.45, 7) is 0. The highest BCUT2D eigenvalue weighted by Gasteiger charge is 2.05. The van der Waals surface area contributed by atoms with Gasteiger partial charge >= 0.3 is 0 Å². The molecule has 0 saturated heterocycles. The molecule has 0 saturated carbocycles. The molecule has 0 radical (unpaired) electrons. The van der Waals surface area contributed by atoms with Crippen LogP contribution in [-0.2, 0) is 0 Å². The quantitative estimate of drug-likeness (QED) is 0.727. The normalized spacial score (nSPS) is 10.1. The van der Waals surface area contributed by atoms with Gasteiger partial charge in [0, 0.05) is 11.8 Å². The van der Waals surface area contributed by atoms with Gasteiger partial charge in [0.25, 0.3) is 0 Å². The molecule has 1 aromatic heterocycles. The lowest BCUT2D eigenvalue weighted by Crippen LogP contribution is -1.93. The third-order valence-electron chi connectivity index (χ3n) is 2.16. The third kappa shape index (κ3) is 1.95. The Morgan fingerprint density at radius 1 is 1.06 bits per heavy atom.